The molecule has 0 aliphatic rings. The maximum absolute atomic E-state index is 11.4. The summed E-state index contributed by atoms with van der Waals surface area (Å²) in [4.78, 5) is 11.4. The third-order valence-electron chi connectivity index (χ3n) is 1.97. The molecule has 0 fully saturated rings. The van der Waals surface area contributed by atoms with Crippen molar-refractivity contribution in [3.63, 3.8) is 0 Å². The number of aliphatic hydroxyl groups is 2. The molecule has 1 aromatic carbocycles. The van der Waals surface area contributed by atoms with E-state index < -0.39 is 12.1 Å². The Kier molecular flexibility index (Phi) is 4.75. The molecular formula is C11H14O5. The number of aliphatic hydroxyl groups excluding tert-OH is 2. The third kappa shape index (κ3) is 3.88. The summed E-state index contributed by atoms with van der Waals surface area (Å²) in [5.41, 5.74) is 0.300. The van der Waals surface area contributed by atoms with Gasteiger partial charge in [0.15, 0.2) is 0 Å². The lowest BCUT2D eigenvalue weighted by Gasteiger charge is -2.09. The first-order chi connectivity index (χ1) is 7.63. The van der Waals surface area contributed by atoms with Gasteiger partial charge in [-0.05, 0) is 30.7 Å². The zero-order valence-corrected chi connectivity index (χ0v) is 8.67. The molecule has 0 aliphatic heterocycles. The molecule has 0 spiro atoms. The molecule has 0 saturated carbocycles. The summed E-state index contributed by atoms with van der Waals surface area (Å²) >= 11 is 0. The molecule has 1 atom stereocenters. The number of carbonyl (C=O) groups excluding carboxylic acids is 1. The molecule has 5 nitrogen and oxygen atoms in total. The van der Waals surface area contributed by atoms with Gasteiger partial charge in [0.2, 0.25) is 0 Å². The number of ether oxygens (including phenoxy) is 1. The Hall–Kier alpha value is -1.59. The van der Waals surface area contributed by atoms with Crippen LogP contribution in [0.5, 0.6) is 5.75 Å². The van der Waals surface area contributed by atoms with E-state index in [1.807, 2.05) is 0 Å². The Morgan fingerprint density at radius 1 is 1.31 bits per heavy atom. The standard InChI is InChI=1S/C11H14O5/c12-6-5-10(14)7-16-11(15)8-1-3-9(13)4-2-8/h1-4,10,12-14H,5-7H2. The second kappa shape index (κ2) is 6.09. The van der Waals surface area contributed by atoms with Gasteiger partial charge in [-0.1, -0.05) is 0 Å². The third-order valence-corrected chi connectivity index (χ3v) is 1.97. The normalized spacial score (nSPS) is 12.1. The highest BCUT2D eigenvalue weighted by Gasteiger charge is 2.10. The van der Waals surface area contributed by atoms with E-state index in [0.717, 1.165) is 0 Å². The topological polar surface area (TPSA) is 87.0 Å². The molecule has 1 rings (SSSR count). The van der Waals surface area contributed by atoms with E-state index in [0.29, 0.717) is 5.56 Å². The number of esters is 1. The average molecular weight is 226 g/mol. The van der Waals surface area contributed by atoms with Gasteiger partial charge < -0.3 is 20.1 Å². The quantitative estimate of drug-likeness (QED) is 0.628. The van der Waals surface area contributed by atoms with Crippen molar-refractivity contribution in [1.29, 1.82) is 0 Å². The molecule has 0 bridgehead atoms. The summed E-state index contributed by atoms with van der Waals surface area (Å²) in [6.45, 7) is -0.307. The van der Waals surface area contributed by atoms with Crippen LogP contribution in [-0.2, 0) is 4.74 Å². The lowest BCUT2D eigenvalue weighted by molar-refractivity contribution is 0.0197. The van der Waals surface area contributed by atoms with Crippen LogP contribution in [0.2, 0.25) is 0 Å². The predicted molar refractivity (Wildman–Crippen MR) is 56.1 cm³/mol. The van der Waals surface area contributed by atoms with E-state index in [1.165, 1.54) is 24.3 Å². The highest BCUT2D eigenvalue weighted by Crippen LogP contribution is 2.10. The predicted octanol–water partition coefficient (Wildman–Crippen LogP) is 0.292. The van der Waals surface area contributed by atoms with Crippen LogP contribution in [0.15, 0.2) is 24.3 Å². The number of hydrogen-bond acceptors (Lipinski definition) is 5. The van der Waals surface area contributed by atoms with Crippen molar-refractivity contribution in [3.8, 4) is 5.75 Å². The highest BCUT2D eigenvalue weighted by atomic mass is 16.5. The van der Waals surface area contributed by atoms with Crippen LogP contribution in [-0.4, -0.2) is 40.6 Å². The SMILES string of the molecule is O=C(OCC(O)CCO)c1ccc(O)cc1. The first-order valence-electron chi connectivity index (χ1n) is 4.88. The Labute approximate surface area is 92.9 Å². The maximum atomic E-state index is 11.4. The van der Waals surface area contributed by atoms with Crippen molar-refractivity contribution in [3.05, 3.63) is 29.8 Å². The molecule has 0 amide bonds. The minimum atomic E-state index is -0.855. The van der Waals surface area contributed by atoms with Crippen LogP contribution in [0.3, 0.4) is 0 Å². The van der Waals surface area contributed by atoms with Crippen LogP contribution >= 0.6 is 0 Å². The average Bonchev–Trinajstić information content (AvgIpc) is 2.27. The lowest BCUT2D eigenvalue weighted by atomic mass is 10.2. The maximum Gasteiger partial charge on any atom is 0.338 e. The largest absolute Gasteiger partial charge is 0.508 e. The van der Waals surface area contributed by atoms with E-state index in [-0.39, 0.29) is 25.4 Å². The van der Waals surface area contributed by atoms with Crippen molar-refractivity contribution < 1.29 is 24.9 Å². The second-order valence-electron chi connectivity index (χ2n) is 3.31. The fourth-order valence-electron chi connectivity index (χ4n) is 1.09. The van der Waals surface area contributed by atoms with Crippen LogP contribution in [0.25, 0.3) is 0 Å². The molecule has 1 unspecified atom stereocenters. The van der Waals surface area contributed by atoms with Crippen molar-refractivity contribution in [2.75, 3.05) is 13.2 Å². The van der Waals surface area contributed by atoms with Gasteiger partial charge in [-0.15, -0.1) is 0 Å². The zero-order valence-electron chi connectivity index (χ0n) is 8.67. The molecule has 3 N–H and O–H groups in total. The van der Waals surface area contributed by atoms with Gasteiger partial charge in [0.1, 0.15) is 12.4 Å². The molecule has 0 aliphatic carbocycles. The Morgan fingerprint density at radius 2 is 1.94 bits per heavy atom. The Balaban J connectivity index is 2.43. The summed E-state index contributed by atoms with van der Waals surface area (Å²) in [5.74, 6) is -0.506. The number of hydrogen-bond donors (Lipinski definition) is 3. The zero-order chi connectivity index (χ0) is 12.0. The van der Waals surface area contributed by atoms with E-state index in [1.54, 1.807) is 0 Å². The number of phenols is 1. The van der Waals surface area contributed by atoms with Gasteiger partial charge in [-0.25, -0.2) is 4.79 Å². The summed E-state index contributed by atoms with van der Waals surface area (Å²) in [6.07, 6.45) is -0.686. The van der Waals surface area contributed by atoms with Gasteiger partial charge in [-0.2, -0.15) is 0 Å². The van der Waals surface area contributed by atoms with Crippen molar-refractivity contribution in [2.24, 2.45) is 0 Å². The first kappa shape index (κ1) is 12.5. The molecule has 1 aromatic rings. The fourth-order valence-corrected chi connectivity index (χ4v) is 1.09. The van der Waals surface area contributed by atoms with E-state index >= 15 is 0 Å². The fraction of sp³-hybridized carbons (Fsp3) is 0.364. The molecule has 88 valence electrons. The summed E-state index contributed by atoms with van der Waals surface area (Å²) < 4.78 is 4.80. The highest BCUT2D eigenvalue weighted by molar-refractivity contribution is 5.89. The smallest absolute Gasteiger partial charge is 0.338 e. The number of benzene rings is 1. The van der Waals surface area contributed by atoms with E-state index in [2.05, 4.69) is 0 Å². The van der Waals surface area contributed by atoms with Gasteiger partial charge in [0.25, 0.3) is 0 Å². The van der Waals surface area contributed by atoms with Gasteiger partial charge in [-0.3, -0.25) is 0 Å². The summed E-state index contributed by atoms with van der Waals surface area (Å²) in [6, 6.07) is 5.60. The number of aromatic hydroxyl groups is 1. The second-order valence-corrected chi connectivity index (χ2v) is 3.31. The van der Waals surface area contributed by atoms with Crippen molar-refractivity contribution >= 4 is 5.97 Å². The monoisotopic (exact) mass is 226 g/mol. The Morgan fingerprint density at radius 3 is 2.50 bits per heavy atom. The minimum absolute atomic E-state index is 0.0665. The van der Waals surface area contributed by atoms with Crippen LogP contribution in [0, 0.1) is 0 Å². The number of carbonyl (C=O) groups is 1. The summed E-state index contributed by atoms with van der Waals surface area (Å²) in [5, 5.41) is 26.7. The molecule has 5 heteroatoms. The Bertz CT molecular complexity index is 333. The van der Waals surface area contributed by atoms with Crippen LogP contribution < -0.4 is 0 Å². The lowest BCUT2D eigenvalue weighted by Crippen LogP contribution is -2.19. The van der Waals surface area contributed by atoms with Crippen LogP contribution in [0.1, 0.15) is 16.8 Å². The minimum Gasteiger partial charge on any atom is -0.508 e. The van der Waals surface area contributed by atoms with Gasteiger partial charge >= 0.3 is 5.97 Å². The molecule has 0 aromatic heterocycles. The van der Waals surface area contributed by atoms with E-state index in [9.17, 15) is 9.90 Å². The molecule has 0 saturated heterocycles. The van der Waals surface area contributed by atoms with Gasteiger partial charge in [0.05, 0.1) is 11.7 Å². The first-order valence-corrected chi connectivity index (χ1v) is 4.88. The van der Waals surface area contributed by atoms with E-state index in [4.69, 9.17) is 14.9 Å². The van der Waals surface area contributed by atoms with Crippen molar-refractivity contribution in [2.45, 2.75) is 12.5 Å². The van der Waals surface area contributed by atoms with Crippen molar-refractivity contribution in [1.82, 2.24) is 0 Å². The van der Waals surface area contributed by atoms with Gasteiger partial charge in [0, 0.05) is 6.61 Å². The van der Waals surface area contributed by atoms with Crippen LogP contribution in [0.4, 0.5) is 0 Å². The summed E-state index contributed by atoms with van der Waals surface area (Å²) in [7, 11) is 0. The molecule has 16 heavy (non-hydrogen) atoms. The number of rotatable bonds is 5. The molecule has 0 radical (unpaired) electrons. The molecule has 0 heterocycles. The number of phenolic OH excluding ortho intramolecular Hbond substituents is 1. The molecular weight excluding hydrogens is 212 g/mol.